The number of hydrogen-bond donors (Lipinski definition) is 0. The maximum Gasteiger partial charge on any atom is 0.0127 e. The minimum atomic E-state index is 0.681. The Balaban J connectivity index is 3.65. The van der Waals surface area contributed by atoms with E-state index in [0.717, 1.165) is 18.8 Å². The van der Waals surface area contributed by atoms with Crippen molar-refractivity contribution in [1.82, 2.24) is 0 Å². The molecule has 0 spiro atoms. The number of hydrogen-bond acceptors (Lipinski definition) is 0. The van der Waals surface area contributed by atoms with Crippen LogP contribution in [0.3, 0.4) is 0 Å². The van der Waals surface area contributed by atoms with E-state index in [1.807, 2.05) is 0 Å². The molecule has 0 rings (SSSR count). The van der Waals surface area contributed by atoms with Gasteiger partial charge in [-0.1, -0.05) is 46.0 Å². The van der Waals surface area contributed by atoms with Gasteiger partial charge in [-0.2, -0.15) is 0 Å². The molecule has 78 valence electrons. The van der Waals surface area contributed by atoms with Gasteiger partial charge < -0.3 is 0 Å². The first-order chi connectivity index (χ1) is 6.68. The van der Waals surface area contributed by atoms with Crippen LogP contribution < -0.4 is 0 Å². The number of unbranched alkanes of at least 4 members (excludes halogenated alkanes) is 2. The summed E-state index contributed by atoms with van der Waals surface area (Å²) in [5.74, 6) is 13.4. The summed E-state index contributed by atoms with van der Waals surface area (Å²) in [6.07, 6.45) is 4.37. The van der Waals surface area contributed by atoms with Gasteiger partial charge in [-0.3, -0.25) is 0 Å². The highest BCUT2D eigenvalue weighted by atomic mass is 14.1. The summed E-state index contributed by atoms with van der Waals surface area (Å²) in [7, 11) is 0. The molecule has 1 atom stereocenters. The molecule has 0 heteroatoms. The average Bonchev–Trinajstić information content (AvgIpc) is 2.16. The van der Waals surface area contributed by atoms with Crippen LogP contribution in [0.15, 0.2) is 0 Å². The molecular formula is C14H22. The lowest BCUT2D eigenvalue weighted by molar-refractivity contribution is 0.429. The Kier molecular flexibility index (Phi) is 8.16. The zero-order valence-electron chi connectivity index (χ0n) is 9.98. The van der Waals surface area contributed by atoms with E-state index in [4.69, 9.17) is 0 Å². The molecule has 0 saturated carbocycles. The monoisotopic (exact) mass is 190 g/mol. The van der Waals surface area contributed by atoms with Crippen molar-refractivity contribution in [2.45, 2.75) is 53.4 Å². The fourth-order valence-corrected chi connectivity index (χ4v) is 0.864. The largest absolute Gasteiger partial charge is 0.0891 e. The van der Waals surface area contributed by atoms with Crippen molar-refractivity contribution in [2.75, 3.05) is 0 Å². The first-order valence-electron chi connectivity index (χ1n) is 5.64. The fourth-order valence-electron chi connectivity index (χ4n) is 0.864. The van der Waals surface area contributed by atoms with Crippen LogP contribution in [0, 0.1) is 35.5 Å². The molecule has 0 aliphatic rings. The van der Waals surface area contributed by atoms with Crippen molar-refractivity contribution in [3.8, 4) is 23.7 Å². The standard InChI is InChI=1S/C14H22/c1-5-6-7-8-9-10-11-12-14(4)13(2)3/h13-14H,5-7,12H2,1-4H3. The van der Waals surface area contributed by atoms with Crippen molar-refractivity contribution in [1.29, 1.82) is 0 Å². The lowest BCUT2D eigenvalue weighted by atomic mass is 9.95. The van der Waals surface area contributed by atoms with Gasteiger partial charge in [0.15, 0.2) is 0 Å². The third-order valence-electron chi connectivity index (χ3n) is 2.46. The Morgan fingerprint density at radius 3 is 2.21 bits per heavy atom. The van der Waals surface area contributed by atoms with Crippen LogP contribution in [0.5, 0.6) is 0 Å². The molecule has 0 aromatic rings. The Labute approximate surface area is 89.5 Å². The molecule has 0 N–H and O–H groups in total. The molecule has 0 saturated heterocycles. The smallest absolute Gasteiger partial charge is 0.0127 e. The molecule has 0 aromatic heterocycles. The van der Waals surface area contributed by atoms with Crippen LogP contribution in [0.4, 0.5) is 0 Å². The molecular weight excluding hydrogens is 168 g/mol. The second kappa shape index (κ2) is 8.71. The second-order valence-electron chi connectivity index (χ2n) is 4.13. The topological polar surface area (TPSA) is 0 Å². The molecule has 0 aliphatic carbocycles. The molecule has 0 bridgehead atoms. The van der Waals surface area contributed by atoms with Crippen molar-refractivity contribution in [3.63, 3.8) is 0 Å². The molecule has 1 unspecified atom stereocenters. The van der Waals surface area contributed by atoms with Crippen molar-refractivity contribution < 1.29 is 0 Å². The zero-order valence-corrected chi connectivity index (χ0v) is 9.98. The van der Waals surface area contributed by atoms with E-state index >= 15 is 0 Å². The highest BCUT2D eigenvalue weighted by Crippen LogP contribution is 2.12. The van der Waals surface area contributed by atoms with Gasteiger partial charge in [0.05, 0.1) is 0 Å². The van der Waals surface area contributed by atoms with Gasteiger partial charge in [-0.05, 0) is 30.1 Å². The van der Waals surface area contributed by atoms with Gasteiger partial charge in [0.2, 0.25) is 0 Å². The second-order valence-corrected chi connectivity index (χ2v) is 4.13. The van der Waals surface area contributed by atoms with E-state index in [1.165, 1.54) is 12.8 Å². The van der Waals surface area contributed by atoms with E-state index in [2.05, 4.69) is 51.4 Å². The predicted molar refractivity (Wildman–Crippen MR) is 63.7 cm³/mol. The highest BCUT2D eigenvalue weighted by molar-refractivity contribution is 5.25. The fraction of sp³-hybridized carbons (Fsp3) is 0.714. The van der Waals surface area contributed by atoms with Gasteiger partial charge in [0, 0.05) is 12.8 Å². The summed E-state index contributed by atoms with van der Waals surface area (Å²) in [6, 6.07) is 0. The first-order valence-corrected chi connectivity index (χ1v) is 5.64. The maximum atomic E-state index is 3.12. The van der Waals surface area contributed by atoms with Gasteiger partial charge in [0.1, 0.15) is 0 Å². The summed E-state index contributed by atoms with van der Waals surface area (Å²) in [4.78, 5) is 0. The molecule has 0 fully saturated rings. The van der Waals surface area contributed by atoms with Gasteiger partial charge in [-0.25, -0.2) is 0 Å². The minimum absolute atomic E-state index is 0.681. The first kappa shape index (κ1) is 13.1. The summed E-state index contributed by atoms with van der Waals surface area (Å²) in [6.45, 7) is 8.89. The average molecular weight is 190 g/mol. The van der Waals surface area contributed by atoms with E-state index in [0.29, 0.717) is 5.92 Å². The summed E-state index contributed by atoms with van der Waals surface area (Å²) in [5.41, 5.74) is 0. The van der Waals surface area contributed by atoms with Gasteiger partial charge in [-0.15, -0.1) is 0 Å². The third kappa shape index (κ3) is 7.75. The SMILES string of the molecule is CCCCC#CC#CCC(C)C(C)C. The lowest BCUT2D eigenvalue weighted by Gasteiger charge is -2.10. The maximum absolute atomic E-state index is 3.12. The third-order valence-corrected chi connectivity index (χ3v) is 2.46. The van der Waals surface area contributed by atoms with E-state index in [9.17, 15) is 0 Å². The molecule has 0 amide bonds. The van der Waals surface area contributed by atoms with E-state index < -0.39 is 0 Å². The van der Waals surface area contributed by atoms with Crippen molar-refractivity contribution >= 4 is 0 Å². The van der Waals surface area contributed by atoms with Gasteiger partial charge in [0.25, 0.3) is 0 Å². The van der Waals surface area contributed by atoms with Gasteiger partial charge >= 0.3 is 0 Å². The number of rotatable bonds is 4. The van der Waals surface area contributed by atoms with Crippen LogP contribution in [0.2, 0.25) is 0 Å². The summed E-state index contributed by atoms with van der Waals surface area (Å²) < 4.78 is 0. The molecule has 0 aromatic carbocycles. The molecule has 14 heavy (non-hydrogen) atoms. The zero-order chi connectivity index (χ0) is 10.8. The normalized spacial score (nSPS) is 11.2. The molecule has 0 heterocycles. The molecule has 0 aliphatic heterocycles. The van der Waals surface area contributed by atoms with Crippen molar-refractivity contribution in [2.24, 2.45) is 11.8 Å². The molecule has 0 nitrogen and oxygen atoms in total. The minimum Gasteiger partial charge on any atom is -0.0891 e. The van der Waals surface area contributed by atoms with E-state index in [1.54, 1.807) is 0 Å². The lowest BCUT2D eigenvalue weighted by Crippen LogP contribution is -2.01. The highest BCUT2D eigenvalue weighted by Gasteiger charge is 2.03. The van der Waals surface area contributed by atoms with Crippen LogP contribution >= 0.6 is 0 Å². The van der Waals surface area contributed by atoms with Crippen LogP contribution in [-0.2, 0) is 0 Å². The van der Waals surface area contributed by atoms with Crippen molar-refractivity contribution in [3.05, 3.63) is 0 Å². The van der Waals surface area contributed by atoms with Crippen LogP contribution in [0.25, 0.3) is 0 Å². The van der Waals surface area contributed by atoms with Crippen LogP contribution in [0.1, 0.15) is 53.4 Å². The quantitative estimate of drug-likeness (QED) is 0.466. The Morgan fingerprint density at radius 1 is 1.00 bits per heavy atom. The Bertz CT molecular complexity index is 239. The molecule has 0 radical (unpaired) electrons. The Morgan fingerprint density at radius 2 is 1.64 bits per heavy atom. The van der Waals surface area contributed by atoms with Crippen LogP contribution in [-0.4, -0.2) is 0 Å². The summed E-state index contributed by atoms with van der Waals surface area (Å²) in [5, 5.41) is 0. The van der Waals surface area contributed by atoms with E-state index in [-0.39, 0.29) is 0 Å². The Hall–Kier alpha value is -0.880. The predicted octanol–water partition coefficient (Wildman–Crippen LogP) is 3.87. The summed E-state index contributed by atoms with van der Waals surface area (Å²) >= 11 is 0.